The van der Waals surface area contributed by atoms with Crippen LogP contribution in [0.4, 0.5) is 18.9 Å². The lowest BCUT2D eigenvalue weighted by atomic mass is 9.94. The summed E-state index contributed by atoms with van der Waals surface area (Å²) in [5.41, 5.74) is 0.549. The fraction of sp³-hybridized carbons (Fsp3) is 0.364. The molecule has 0 spiro atoms. The number of hydrogen-bond acceptors (Lipinski definition) is 2. The lowest BCUT2D eigenvalue weighted by Crippen LogP contribution is -2.37. The molecule has 1 heterocycles. The Bertz CT molecular complexity index is 949. The van der Waals surface area contributed by atoms with Crippen molar-refractivity contribution in [2.45, 2.75) is 50.9 Å². The van der Waals surface area contributed by atoms with E-state index in [1.54, 1.807) is 12.1 Å². The van der Waals surface area contributed by atoms with E-state index in [1.807, 2.05) is 11.0 Å². The molecule has 4 rings (SSSR count). The Morgan fingerprint density at radius 1 is 1.03 bits per heavy atom. The van der Waals surface area contributed by atoms with Crippen molar-refractivity contribution >= 4 is 17.5 Å². The van der Waals surface area contributed by atoms with Gasteiger partial charge in [0.2, 0.25) is 0 Å². The van der Waals surface area contributed by atoms with Gasteiger partial charge < -0.3 is 10.2 Å². The Kier molecular flexibility index (Phi) is 5.06. The van der Waals surface area contributed by atoms with E-state index in [4.69, 9.17) is 0 Å². The van der Waals surface area contributed by atoms with Crippen LogP contribution in [0.25, 0.3) is 0 Å². The number of benzene rings is 2. The zero-order chi connectivity index (χ0) is 20.6. The highest BCUT2D eigenvalue weighted by atomic mass is 19.4. The highest BCUT2D eigenvalue weighted by Gasteiger charge is 2.36. The number of carbonyl (C=O) groups excluding carboxylic acids is 2. The van der Waals surface area contributed by atoms with Crippen LogP contribution in [-0.2, 0) is 12.7 Å². The molecular weight excluding hydrogens is 381 g/mol. The van der Waals surface area contributed by atoms with Crippen LogP contribution < -0.4 is 5.32 Å². The smallest absolute Gasteiger partial charge is 0.331 e. The number of fused-ring (bicyclic) bond motifs is 1. The summed E-state index contributed by atoms with van der Waals surface area (Å²) < 4.78 is 38.7. The Morgan fingerprint density at radius 3 is 2.48 bits per heavy atom. The van der Waals surface area contributed by atoms with Gasteiger partial charge in [-0.15, -0.1) is 0 Å². The van der Waals surface area contributed by atoms with E-state index >= 15 is 0 Å². The molecular formula is C22H21F3N2O2. The molecule has 1 saturated carbocycles. The van der Waals surface area contributed by atoms with Crippen LogP contribution in [0.15, 0.2) is 42.5 Å². The zero-order valence-corrected chi connectivity index (χ0v) is 15.8. The maximum absolute atomic E-state index is 13.1. The minimum absolute atomic E-state index is 0.0389. The number of anilines is 1. The predicted octanol–water partition coefficient (Wildman–Crippen LogP) is 5.25. The minimum atomic E-state index is -4.49. The second-order valence-electron chi connectivity index (χ2n) is 7.60. The predicted molar refractivity (Wildman–Crippen MR) is 103 cm³/mol. The highest BCUT2D eigenvalue weighted by Crippen LogP contribution is 2.33. The van der Waals surface area contributed by atoms with Gasteiger partial charge in [-0.3, -0.25) is 9.59 Å². The molecule has 4 nitrogen and oxygen atoms in total. The Hall–Kier alpha value is -2.83. The molecule has 7 heteroatoms. The summed E-state index contributed by atoms with van der Waals surface area (Å²) >= 11 is 0. The van der Waals surface area contributed by atoms with E-state index in [0.717, 1.165) is 43.4 Å². The largest absolute Gasteiger partial charge is 0.416 e. The van der Waals surface area contributed by atoms with Crippen molar-refractivity contribution in [1.29, 1.82) is 0 Å². The summed E-state index contributed by atoms with van der Waals surface area (Å²) in [6.07, 6.45) is 0.791. The van der Waals surface area contributed by atoms with Gasteiger partial charge in [0, 0.05) is 18.3 Å². The first-order valence-electron chi connectivity index (χ1n) is 9.76. The quantitative estimate of drug-likeness (QED) is 0.763. The molecule has 2 aromatic carbocycles. The number of carbonyl (C=O) groups is 2. The minimum Gasteiger partial charge on any atom is -0.331 e. The van der Waals surface area contributed by atoms with Gasteiger partial charge in [-0.1, -0.05) is 37.5 Å². The van der Waals surface area contributed by atoms with Crippen molar-refractivity contribution in [3.05, 3.63) is 64.7 Å². The number of hydrogen-bond donors (Lipinski definition) is 1. The lowest BCUT2D eigenvalue weighted by Gasteiger charge is -2.30. The monoisotopic (exact) mass is 402 g/mol. The molecule has 2 aromatic rings. The second-order valence-corrected chi connectivity index (χ2v) is 7.60. The summed E-state index contributed by atoms with van der Waals surface area (Å²) in [6.45, 7) is 0.476. The number of rotatable bonds is 3. The molecule has 1 aliphatic heterocycles. The molecule has 0 radical (unpaired) electrons. The Labute approximate surface area is 166 Å². The molecule has 0 unspecified atom stereocenters. The van der Waals surface area contributed by atoms with Crippen molar-refractivity contribution in [2.75, 3.05) is 5.32 Å². The van der Waals surface area contributed by atoms with Gasteiger partial charge in [0.05, 0.1) is 16.7 Å². The molecule has 0 aromatic heterocycles. The summed E-state index contributed by atoms with van der Waals surface area (Å²) in [4.78, 5) is 27.7. The summed E-state index contributed by atoms with van der Waals surface area (Å²) in [7, 11) is 0. The molecule has 2 aliphatic rings. The van der Waals surface area contributed by atoms with Crippen LogP contribution in [0, 0.1) is 0 Å². The molecule has 2 amide bonds. The van der Waals surface area contributed by atoms with Crippen molar-refractivity contribution in [1.82, 2.24) is 4.90 Å². The molecule has 0 atom stereocenters. The number of nitrogens with zero attached hydrogens (tertiary/aromatic N) is 1. The topological polar surface area (TPSA) is 49.4 Å². The molecule has 29 heavy (non-hydrogen) atoms. The van der Waals surface area contributed by atoms with E-state index < -0.39 is 17.6 Å². The van der Waals surface area contributed by atoms with Crippen molar-refractivity contribution in [3.8, 4) is 0 Å². The third-order valence-corrected chi connectivity index (χ3v) is 5.67. The van der Waals surface area contributed by atoms with E-state index in [1.165, 1.54) is 18.6 Å². The van der Waals surface area contributed by atoms with E-state index in [0.29, 0.717) is 12.1 Å². The van der Waals surface area contributed by atoms with Crippen molar-refractivity contribution < 1.29 is 22.8 Å². The van der Waals surface area contributed by atoms with Gasteiger partial charge in [-0.05, 0) is 42.7 Å². The zero-order valence-electron chi connectivity index (χ0n) is 15.8. The summed E-state index contributed by atoms with van der Waals surface area (Å²) in [5.74, 6) is -0.748. The number of amides is 2. The van der Waals surface area contributed by atoms with E-state index in [2.05, 4.69) is 5.32 Å². The van der Waals surface area contributed by atoms with Crippen LogP contribution in [0.3, 0.4) is 0 Å². The van der Waals surface area contributed by atoms with Crippen LogP contribution >= 0.6 is 0 Å². The second kappa shape index (κ2) is 7.54. The first-order chi connectivity index (χ1) is 13.8. The van der Waals surface area contributed by atoms with Gasteiger partial charge in [-0.2, -0.15) is 13.2 Å². The van der Waals surface area contributed by atoms with Crippen molar-refractivity contribution in [3.63, 3.8) is 0 Å². The fourth-order valence-corrected chi connectivity index (χ4v) is 4.23. The van der Waals surface area contributed by atoms with Gasteiger partial charge in [-0.25, -0.2) is 0 Å². The summed E-state index contributed by atoms with van der Waals surface area (Å²) in [5, 5.41) is 2.51. The van der Waals surface area contributed by atoms with E-state index in [9.17, 15) is 22.8 Å². The molecule has 1 aliphatic carbocycles. The first-order valence-corrected chi connectivity index (χ1v) is 9.76. The van der Waals surface area contributed by atoms with Crippen molar-refractivity contribution in [2.24, 2.45) is 0 Å². The fourth-order valence-electron chi connectivity index (χ4n) is 4.23. The molecule has 0 bridgehead atoms. The normalized spacial score (nSPS) is 17.3. The SMILES string of the molecule is O=C(Nc1cccc(C(F)(F)F)c1)c1cccc2c1C(=O)N(C1CCCCC1)C2. The average molecular weight is 402 g/mol. The third kappa shape index (κ3) is 3.86. The van der Waals surface area contributed by atoms with Gasteiger partial charge in [0.1, 0.15) is 0 Å². The third-order valence-electron chi connectivity index (χ3n) is 5.67. The van der Waals surface area contributed by atoms with Gasteiger partial charge in [0.15, 0.2) is 0 Å². The maximum atomic E-state index is 13.1. The maximum Gasteiger partial charge on any atom is 0.416 e. The molecule has 152 valence electrons. The average Bonchev–Trinajstić information content (AvgIpc) is 3.05. The number of alkyl halides is 3. The molecule has 0 saturated heterocycles. The number of halogens is 3. The van der Waals surface area contributed by atoms with Gasteiger partial charge >= 0.3 is 6.18 Å². The molecule has 1 N–H and O–H groups in total. The number of nitrogens with one attached hydrogen (secondary N) is 1. The summed E-state index contributed by atoms with van der Waals surface area (Å²) in [6, 6.07) is 9.73. The Morgan fingerprint density at radius 2 is 1.76 bits per heavy atom. The molecule has 1 fully saturated rings. The van der Waals surface area contributed by atoms with Crippen LogP contribution in [0.1, 0.15) is 63.9 Å². The Balaban J connectivity index is 1.58. The van der Waals surface area contributed by atoms with E-state index in [-0.39, 0.29) is 23.2 Å². The van der Waals surface area contributed by atoms with Crippen LogP contribution in [0.2, 0.25) is 0 Å². The standard InChI is InChI=1S/C22H21F3N2O2/c23-22(24,25)15-7-5-8-16(12-15)26-20(28)18-11-4-6-14-13-27(21(29)19(14)18)17-9-2-1-3-10-17/h4-8,11-12,17H,1-3,9-10,13H2,(H,26,28). The van der Waals surface area contributed by atoms with Gasteiger partial charge in [0.25, 0.3) is 11.8 Å². The lowest BCUT2D eigenvalue weighted by molar-refractivity contribution is -0.137. The van der Waals surface area contributed by atoms with Crippen LogP contribution in [-0.4, -0.2) is 22.8 Å². The first kappa shape index (κ1) is 19.5. The van der Waals surface area contributed by atoms with Crippen LogP contribution in [0.5, 0.6) is 0 Å². The highest BCUT2D eigenvalue weighted by molar-refractivity contribution is 6.13.